The predicted molar refractivity (Wildman–Crippen MR) is 48.1 cm³/mol. The average Bonchev–Trinajstić information content (AvgIpc) is 2.42. The van der Waals surface area contributed by atoms with E-state index in [1.807, 2.05) is 6.92 Å². The molecule has 2 aliphatic rings. The molecule has 3 heteroatoms. The van der Waals surface area contributed by atoms with E-state index >= 15 is 0 Å². The summed E-state index contributed by atoms with van der Waals surface area (Å²) in [5.41, 5.74) is 0. The van der Waals surface area contributed by atoms with Crippen molar-refractivity contribution in [3.63, 3.8) is 0 Å². The fraction of sp³-hybridized carbons (Fsp3) is 1.00. The van der Waals surface area contributed by atoms with E-state index in [-0.39, 0.29) is 24.8 Å². The Labute approximate surface area is 79.4 Å². The van der Waals surface area contributed by atoms with Crippen molar-refractivity contribution >= 4 is 0 Å². The Morgan fingerprint density at radius 3 is 2.15 bits per heavy atom. The summed E-state index contributed by atoms with van der Waals surface area (Å²) in [7, 11) is 0. The van der Waals surface area contributed by atoms with Crippen LogP contribution in [0.4, 0.5) is 0 Å². The molecule has 0 bridgehead atoms. The van der Waals surface area contributed by atoms with Crippen molar-refractivity contribution in [2.24, 2.45) is 11.8 Å². The maximum Gasteiger partial charge on any atom is 0.187 e. The zero-order valence-corrected chi connectivity index (χ0v) is 8.69. The second kappa shape index (κ2) is 3.23. The van der Waals surface area contributed by atoms with Gasteiger partial charge in [0.05, 0.1) is 6.10 Å². The molecule has 0 spiro atoms. The molecule has 0 saturated carbocycles. The van der Waals surface area contributed by atoms with Gasteiger partial charge in [-0.3, -0.25) is 0 Å². The summed E-state index contributed by atoms with van der Waals surface area (Å²) in [5, 5.41) is 0. The summed E-state index contributed by atoms with van der Waals surface area (Å²) >= 11 is 0. The minimum absolute atomic E-state index is 0.116. The molecule has 0 aromatic rings. The highest BCUT2D eigenvalue weighted by Crippen LogP contribution is 2.37. The lowest BCUT2D eigenvalue weighted by Crippen LogP contribution is -2.46. The highest BCUT2D eigenvalue weighted by atomic mass is 16.8. The molecule has 13 heavy (non-hydrogen) atoms. The topological polar surface area (TPSA) is 27.7 Å². The van der Waals surface area contributed by atoms with Crippen LogP contribution in [0.5, 0.6) is 0 Å². The Morgan fingerprint density at radius 1 is 0.769 bits per heavy atom. The molecule has 76 valence electrons. The average molecular weight is 186 g/mol. The van der Waals surface area contributed by atoms with Crippen LogP contribution in [0.15, 0.2) is 0 Å². The standard InChI is InChI=1S/C10H18O3/c1-5-6(2)9-10(11-7(5)3)13-8(4)12-9/h5-10H,1-4H3/t5-,6+,7?,8?,9?,10+/m1/s1. The van der Waals surface area contributed by atoms with Gasteiger partial charge in [0.25, 0.3) is 0 Å². The first-order chi connectivity index (χ1) is 6.09. The second-order valence-electron chi connectivity index (χ2n) is 4.23. The van der Waals surface area contributed by atoms with E-state index in [9.17, 15) is 0 Å². The van der Waals surface area contributed by atoms with E-state index in [2.05, 4.69) is 20.8 Å². The lowest BCUT2D eigenvalue weighted by atomic mass is 9.84. The minimum Gasteiger partial charge on any atom is -0.347 e. The molecule has 2 heterocycles. The van der Waals surface area contributed by atoms with Crippen LogP contribution < -0.4 is 0 Å². The van der Waals surface area contributed by atoms with Crippen LogP contribution in [0.3, 0.4) is 0 Å². The van der Waals surface area contributed by atoms with Crippen molar-refractivity contribution in [2.45, 2.75) is 52.5 Å². The predicted octanol–water partition coefficient (Wildman–Crippen LogP) is 1.76. The molecule has 2 saturated heterocycles. The van der Waals surface area contributed by atoms with Crippen molar-refractivity contribution < 1.29 is 14.2 Å². The summed E-state index contributed by atoms with van der Waals surface area (Å²) in [6.07, 6.45) is 0.137. The number of rotatable bonds is 0. The summed E-state index contributed by atoms with van der Waals surface area (Å²) in [5.74, 6) is 1.05. The van der Waals surface area contributed by atoms with Gasteiger partial charge in [-0.1, -0.05) is 13.8 Å². The summed E-state index contributed by atoms with van der Waals surface area (Å²) in [4.78, 5) is 0. The van der Waals surface area contributed by atoms with Gasteiger partial charge in [0.1, 0.15) is 6.10 Å². The van der Waals surface area contributed by atoms with Gasteiger partial charge in [-0.05, 0) is 25.7 Å². The van der Waals surface area contributed by atoms with E-state index < -0.39 is 0 Å². The summed E-state index contributed by atoms with van der Waals surface area (Å²) in [6, 6.07) is 0. The fourth-order valence-corrected chi connectivity index (χ4v) is 2.13. The van der Waals surface area contributed by atoms with E-state index in [4.69, 9.17) is 14.2 Å². The first-order valence-electron chi connectivity index (χ1n) is 5.06. The van der Waals surface area contributed by atoms with E-state index in [1.54, 1.807) is 0 Å². The molecule has 0 radical (unpaired) electrons. The fourth-order valence-electron chi connectivity index (χ4n) is 2.13. The van der Waals surface area contributed by atoms with Gasteiger partial charge in [-0.2, -0.15) is 0 Å². The maximum atomic E-state index is 5.72. The molecule has 6 atom stereocenters. The first-order valence-corrected chi connectivity index (χ1v) is 5.06. The molecule has 0 aliphatic carbocycles. The normalized spacial score (nSPS) is 56.3. The van der Waals surface area contributed by atoms with Crippen LogP contribution in [0.2, 0.25) is 0 Å². The van der Waals surface area contributed by atoms with Crippen LogP contribution in [0.1, 0.15) is 27.7 Å². The van der Waals surface area contributed by atoms with Crippen molar-refractivity contribution in [1.82, 2.24) is 0 Å². The lowest BCUT2D eigenvalue weighted by molar-refractivity contribution is -0.205. The molecule has 0 amide bonds. The number of fused-ring (bicyclic) bond motifs is 1. The maximum absolute atomic E-state index is 5.72. The van der Waals surface area contributed by atoms with Gasteiger partial charge in [-0.25, -0.2) is 0 Å². The molecule has 2 rings (SSSR count). The number of hydrogen-bond acceptors (Lipinski definition) is 3. The van der Waals surface area contributed by atoms with Crippen molar-refractivity contribution in [1.29, 1.82) is 0 Å². The third-order valence-electron chi connectivity index (χ3n) is 3.38. The molecular weight excluding hydrogens is 168 g/mol. The zero-order valence-electron chi connectivity index (χ0n) is 8.69. The van der Waals surface area contributed by atoms with Crippen LogP contribution >= 0.6 is 0 Å². The van der Waals surface area contributed by atoms with Gasteiger partial charge in [0.2, 0.25) is 0 Å². The van der Waals surface area contributed by atoms with Gasteiger partial charge in [0.15, 0.2) is 12.6 Å². The molecule has 0 aromatic heterocycles. The second-order valence-corrected chi connectivity index (χ2v) is 4.23. The van der Waals surface area contributed by atoms with Gasteiger partial charge in [-0.15, -0.1) is 0 Å². The van der Waals surface area contributed by atoms with Crippen LogP contribution in [0.25, 0.3) is 0 Å². The molecule has 3 unspecified atom stereocenters. The zero-order chi connectivity index (χ0) is 9.59. The highest BCUT2D eigenvalue weighted by molar-refractivity contribution is 4.86. The van der Waals surface area contributed by atoms with E-state index in [0.717, 1.165) is 0 Å². The van der Waals surface area contributed by atoms with Crippen molar-refractivity contribution in [2.75, 3.05) is 0 Å². The quantitative estimate of drug-likeness (QED) is 0.577. The van der Waals surface area contributed by atoms with Crippen molar-refractivity contribution in [3.05, 3.63) is 0 Å². The van der Waals surface area contributed by atoms with Gasteiger partial charge >= 0.3 is 0 Å². The van der Waals surface area contributed by atoms with E-state index in [1.165, 1.54) is 0 Å². The lowest BCUT2D eigenvalue weighted by Gasteiger charge is -2.38. The van der Waals surface area contributed by atoms with Crippen molar-refractivity contribution in [3.8, 4) is 0 Å². The number of ether oxygens (including phenoxy) is 3. The molecule has 2 aliphatic heterocycles. The third kappa shape index (κ3) is 1.49. The molecule has 0 N–H and O–H groups in total. The largest absolute Gasteiger partial charge is 0.347 e. The first kappa shape index (κ1) is 9.44. The number of hydrogen-bond donors (Lipinski definition) is 0. The highest BCUT2D eigenvalue weighted by Gasteiger charge is 2.46. The van der Waals surface area contributed by atoms with Gasteiger partial charge in [0, 0.05) is 0 Å². The Balaban J connectivity index is 2.11. The SMILES string of the molecule is CC1OC2[C@H](O1)OC(C)[C@H](C)[C@@H]2C. The smallest absolute Gasteiger partial charge is 0.187 e. The Hall–Kier alpha value is -0.120. The van der Waals surface area contributed by atoms with Crippen LogP contribution in [0, 0.1) is 11.8 Å². The Kier molecular flexibility index (Phi) is 2.34. The van der Waals surface area contributed by atoms with Gasteiger partial charge < -0.3 is 14.2 Å². The van der Waals surface area contributed by atoms with Crippen LogP contribution in [-0.4, -0.2) is 24.8 Å². The minimum atomic E-state index is -0.142. The van der Waals surface area contributed by atoms with Crippen LogP contribution in [-0.2, 0) is 14.2 Å². The third-order valence-corrected chi connectivity index (χ3v) is 3.38. The molecule has 2 fully saturated rings. The Bertz CT molecular complexity index is 193. The monoisotopic (exact) mass is 186 g/mol. The Morgan fingerprint density at radius 2 is 1.46 bits per heavy atom. The summed E-state index contributed by atoms with van der Waals surface area (Å²) in [6.45, 7) is 8.44. The molecule has 3 nitrogen and oxygen atoms in total. The van der Waals surface area contributed by atoms with E-state index in [0.29, 0.717) is 11.8 Å². The molecular formula is C10H18O3. The molecule has 0 aromatic carbocycles. The summed E-state index contributed by atoms with van der Waals surface area (Å²) < 4.78 is 16.9.